The van der Waals surface area contributed by atoms with E-state index in [1.165, 1.54) is 263 Å². The topological polar surface area (TPSA) is 105 Å². The predicted octanol–water partition coefficient (Wildman–Crippen LogP) is 25.2. The van der Waals surface area contributed by atoms with Crippen LogP contribution in [-0.2, 0) is 18.4 Å². The zero-order chi connectivity index (χ0) is 65.5. The highest BCUT2D eigenvalue weighted by atomic mass is 31.2. The number of carbonyl (C=O) groups excluding carboxylic acids is 1. The molecular weight excluding hydrogens is 1130 g/mol. The Morgan fingerprint density at radius 2 is 0.678 bits per heavy atom. The Morgan fingerprint density at radius 1 is 0.389 bits per heavy atom. The van der Waals surface area contributed by atoms with E-state index >= 15 is 0 Å². The number of likely N-dealkylation sites (N-methyl/N-ethyl adjacent to an activating group) is 1. The summed E-state index contributed by atoms with van der Waals surface area (Å²) >= 11 is 0. The summed E-state index contributed by atoms with van der Waals surface area (Å²) < 4.78 is 23.8. The van der Waals surface area contributed by atoms with Gasteiger partial charge in [0.05, 0.1) is 39.9 Å². The molecule has 0 rings (SSSR count). The summed E-state index contributed by atoms with van der Waals surface area (Å²) in [6, 6.07) is -0.868. The number of aliphatic hydroxyl groups is 1. The van der Waals surface area contributed by atoms with Crippen LogP contribution in [0.2, 0.25) is 0 Å². The molecule has 0 saturated heterocycles. The molecule has 0 aromatic carbocycles. The van der Waals surface area contributed by atoms with Crippen LogP contribution in [0.1, 0.15) is 361 Å². The minimum Gasteiger partial charge on any atom is -0.387 e. The van der Waals surface area contributed by atoms with E-state index in [-0.39, 0.29) is 19.1 Å². The van der Waals surface area contributed by atoms with Gasteiger partial charge in [-0.15, -0.1) is 0 Å². The molecule has 0 fully saturated rings. The molecule has 3 atom stereocenters. The van der Waals surface area contributed by atoms with Gasteiger partial charge in [-0.2, -0.15) is 0 Å². The SMILES string of the molecule is CC/C=C\C/C=C\C/C=C\C/C=C\C/C=C\C/C=C\CCCCCCCCCCCCCCCCCCCCCCC(=O)NC(COP(=O)(O)OCC[N+](C)(C)C)C(O)/C=C/CC/C=C/CCCCCCCCCCCCCCCCCCCCCCCCC. The van der Waals surface area contributed by atoms with Gasteiger partial charge in [0.25, 0.3) is 0 Å². The van der Waals surface area contributed by atoms with Crippen LogP contribution in [0.3, 0.4) is 0 Å². The van der Waals surface area contributed by atoms with Crippen LogP contribution < -0.4 is 5.32 Å². The average molecular weight is 1280 g/mol. The molecule has 0 saturated carbocycles. The van der Waals surface area contributed by atoms with Gasteiger partial charge >= 0.3 is 7.82 Å². The number of phosphoric acid groups is 1. The van der Waals surface area contributed by atoms with Crippen molar-refractivity contribution in [3.05, 3.63) is 97.2 Å². The van der Waals surface area contributed by atoms with E-state index in [0.717, 1.165) is 77.0 Å². The Hall–Kier alpha value is -2.58. The Balaban J connectivity index is 4.01. The zero-order valence-corrected chi connectivity index (χ0v) is 61.0. The lowest BCUT2D eigenvalue weighted by Crippen LogP contribution is -2.45. The molecule has 1 amide bonds. The van der Waals surface area contributed by atoms with Gasteiger partial charge in [0.1, 0.15) is 13.2 Å². The van der Waals surface area contributed by atoms with Crippen molar-refractivity contribution in [3.63, 3.8) is 0 Å². The largest absolute Gasteiger partial charge is 0.472 e. The fourth-order valence-corrected chi connectivity index (χ4v) is 12.1. The molecule has 0 bridgehead atoms. The molecule has 0 aliphatic rings. The number of unbranched alkanes of at least 4 members (excludes halogenated alkanes) is 44. The first kappa shape index (κ1) is 87.4. The second-order valence-corrected chi connectivity index (χ2v) is 28.8. The van der Waals surface area contributed by atoms with Crippen LogP contribution in [0, 0.1) is 0 Å². The number of quaternary nitrogens is 1. The summed E-state index contributed by atoms with van der Waals surface area (Å²) in [5.74, 6) is -0.182. The quantitative estimate of drug-likeness (QED) is 0.0243. The van der Waals surface area contributed by atoms with Crippen LogP contribution in [0.15, 0.2) is 97.2 Å². The van der Waals surface area contributed by atoms with Gasteiger partial charge in [0.2, 0.25) is 5.91 Å². The lowest BCUT2D eigenvalue weighted by Gasteiger charge is -2.25. The maximum absolute atomic E-state index is 13.1. The van der Waals surface area contributed by atoms with Crippen molar-refractivity contribution in [2.75, 3.05) is 40.9 Å². The molecule has 0 heterocycles. The summed E-state index contributed by atoms with van der Waals surface area (Å²) in [5, 5.41) is 14.0. The molecule has 90 heavy (non-hydrogen) atoms. The Morgan fingerprint density at radius 3 is 1.02 bits per heavy atom. The summed E-state index contributed by atoms with van der Waals surface area (Å²) in [7, 11) is 1.56. The third-order valence-corrected chi connectivity index (χ3v) is 18.3. The van der Waals surface area contributed by atoms with Crippen molar-refractivity contribution >= 4 is 13.7 Å². The first-order chi connectivity index (χ1) is 44.0. The molecule has 0 radical (unpaired) electrons. The number of phosphoric ester groups is 1. The monoisotopic (exact) mass is 1280 g/mol. The van der Waals surface area contributed by atoms with E-state index in [1.54, 1.807) is 6.08 Å². The normalized spacial score (nSPS) is 14.1. The van der Waals surface area contributed by atoms with E-state index in [0.29, 0.717) is 17.4 Å². The maximum atomic E-state index is 13.1. The number of amides is 1. The van der Waals surface area contributed by atoms with Gasteiger partial charge in [-0.05, 0) is 83.5 Å². The highest BCUT2D eigenvalue weighted by molar-refractivity contribution is 7.47. The van der Waals surface area contributed by atoms with Crippen LogP contribution >= 0.6 is 7.82 Å². The molecule has 8 nitrogen and oxygen atoms in total. The highest BCUT2D eigenvalue weighted by Crippen LogP contribution is 2.43. The second kappa shape index (κ2) is 70.7. The molecule has 524 valence electrons. The molecule has 0 aromatic rings. The molecule has 3 unspecified atom stereocenters. The Labute approximate surface area is 559 Å². The first-order valence-electron chi connectivity index (χ1n) is 38.6. The minimum atomic E-state index is -4.37. The highest BCUT2D eigenvalue weighted by Gasteiger charge is 2.28. The van der Waals surface area contributed by atoms with Crippen molar-refractivity contribution in [2.24, 2.45) is 0 Å². The number of hydrogen-bond acceptors (Lipinski definition) is 5. The number of rotatable bonds is 71. The van der Waals surface area contributed by atoms with Crippen molar-refractivity contribution in [2.45, 2.75) is 373 Å². The number of nitrogens with zero attached hydrogens (tertiary/aromatic N) is 1. The summed E-state index contributed by atoms with van der Waals surface area (Å²) in [6.45, 7) is 4.72. The van der Waals surface area contributed by atoms with Crippen molar-refractivity contribution in [1.82, 2.24) is 5.32 Å². The zero-order valence-electron chi connectivity index (χ0n) is 60.1. The fraction of sp³-hybridized carbons (Fsp3) is 0.790. The second-order valence-electron chi connectivity index (χ2n) is 27.3. The van der Waals surface area contributed by atoms with E-state index < -0.39 is 20.0 Å². The average Bonchev–Trinajstić information content (AvgIpc) is 3.72. The number of allylic oxidation sites excluding steroid dienone is 15. The third kappa shape index (κ3) is 72.8. The van der Waals surface area contributed by atoms with Gasteiger partial charge in [0, 0.05) is 6.42 Å². The number of carbonyl (C=O) groups is 1. The van der Waals surface area contributed by atoms with Crippen LogP contribution in [-0.4, -0.2) is 73.4 Å². The lowest BCUT2D eigenvalue weighted by atomic mass is 10.0. The van der Waals surface area contributed by atoms with Crippen LogP contribution in [0.25, 0.3) is 0 Å². The molecule has 0 spiro atoms. The minimum absolute atomic E-state index is 0.0551. The van der Waals surface area contributed by atoms with Crippen molar-refractivity contribution in [1.29, 1.82) is 0 Å². The van der Waals surface area contributed by atoms with Gasteiger partial charge in [0.15, 0.2) is 0 Å². The summed E-state index contributed by atoms with van der Waals surface area (Å²) in [5.41, 5.74) is 0. The number of hydrogen-bond donors (Lipinski definition) is 3. The van der Waals surface area contributed by atoms with Gasteiger partial charge in [-0.3, -0.25) is 13.8 Å². The summed E-state index contributed by atoms with van der Waals surface area (Å²) in [4.78, 5) is 23.5. The van der Waals surface area contributed by atoms with E-state index in [4.69, 9.17) is 9.05 Å². The van der Waals surface area contributed by atoms with Gasteiger partial charge in [-0.1, -0.05) is 368 Å². The molecule has 3 N–H and O–H groups in total. The third-order valence-electron chi connectivity index (χ3n) is 17.3. The van der Waals surface area contributed by atoms with Crippen molar-refractivity contribution in [3.8, 4) is 0 Å². The Bertz CT molecular complexity index is 1790. The van der Waals surface area contributed by atoms with Crippen LogP contribution in [0.5, 0.6) is 0 Å². The number of aliphatic hydroxyl groups excluding tert-OH is 1. The molecule has 9 heteroatoms. The Kier molecular flexibility index (Phi) is 68.7. The van der Waals surface area contributed by atoms with E-state index in [9.17, 15) is 19.4 Å². The molecule has 0 aliphatic heterocycles. The molecule has 0 aromatic heterocycles. The predicted molar refractivity (Wildman–Crippen MR) is 396 cm³/mol. The van der Waals surface area contributed by atoms with E-state index in [1.807, 2.05) is 27.2 Å². The van der Waals surface area contributed by atoms with Gasteiger partial charge < -0.3 is 19.8 Å². The smallest absolute Gasteiger partial charge is 0.387 e. The number of nitrogens with one attached hydrogen (secondary N) is 1. The molecule has 0 aliphatic carbocycles. The van der Waals surface area contributed by atoms with Crippen molar-refractivity contribution < 1.29 is 32.9 Å². The molecular formula is C81H150N2O6P+. The standard InChI is InChI=1S/C81H149N2O6P/c1-6-8-10-12-14-16-18-20-22-24-26-28-30-32-34-36-37-38-39-40-41-42-43-44-45-47-49-51-53-55-57-59-61-63-65-67-69-71-73-75-81(85)82-79(78-89-90(86,87)88-77-76-83(3,4)5)80(84)74-72-70-68-66-64-62-60-58-56-54-52-50-48-46-35-33-31-29-27-25-23-21-19-17-15-13-11-9-7-2/h8,10,14,16,20,22,26,28,32,34,37-38,64,66,72,74,79-80,84H,6-7,9,11-13,15,17-19,21,23-25,27,29-31,33,35-36,39-63,65,67-71,73,75-78H2,1-5H3,(H-,82,85,86,87)/p+1/b10-8-,16-14-,22-20-,28-26-,34-32-,38-37-,66-64+,74-72+. The summed E-state index contributed by atoms with van der Waals surface area (Å²) in [6.07, 6.45) is 103. The van der Waals surface area contributed by atoms with E-state index in [2.05, 4.69) is 104 Å². The first-order valence-corrected chi connectivity index (χ1v) is 40.1. The maximum Gasteiger partial charge on any atom is 0.472 e. The van der Waals surface area contributed by atoms with Crippen LogP contribution in [0.4, 0.5) is 0 Å². The fourth-order valence-electron chi connectivity index (χ4n) is 11.4. The van der Waals surface area contributed by atoms with Gasteiger partial charge in [-0.25, -0.2) is 4.57 Å². The lowest BCUT2D eigenvalue weighted by molar-refractivity contribution is -0.870.